The van der Waals surface area contributed by atoms with Crippen molar-refractivity contribution in [1.29, 1.82) is 0 Å². The van der Waals surface area contributed by atoms with E-state index in [1.54, 1.807) is 0 Å². The summed E-state index contributed by atoms with van der Waals surface area (Å²) in [5.74, 6) is -0.125. The molecule has 100 valence electrons. The van der Waals surface area contributed by atoms with Gasteiger partial charge in [0.25, 0.3) is 0 Å². The Kier molecular flexibility index (Phi) is 6.16. The fraction of sp³-hybridized carbons (Fsp3) is 0.500. The molecule has 0 saturated carbocycles. The van der Waals surface area contributed by atoms with Crippen molar-refractivity contribution >= 4 is 5.97 Å². The second-order valence-electron chi connectivity index (χ2n) is 4.64. The van der Waals surface area contributed by atoms with E-state index in [1.165, 1.54) is 0 Å². The molecule has 1 aliphatic heterocycles. The van der Waals surface area contributed by atoms with Gasteiger partial charge in [-0.15, -0.1) is 0 Å². The monoisotopic (exact) mass is 268 g/mol. The van der Waals surface area contributed by atoms with Crippen molar-refractivity contribution in [1.82, 2.24) is 5.32 Å². The molecular weight excluding hydrogens is 250 g/mol. The summed E-state index contributed by atoms with van der Waals surface area (Å²) in [4.78, 5) is 11.8. The number of halogens is 1. The van der Waals surface area contributed by atoms with E-state index >= 15 is 0 Å². The highest BCUT2D eigenvalue weighted by molar-refractivity contribution is 5.75. The Bertz CT molecular complexity index is 369. The minimum Gasteiger partial charge on any atom is -1.00 e. The van der Waals surface area contributed by atoms with Crippen molar-refractivity contribution in [2.24, 2.45) is 0 Å². The summed E-state index contributed by atoms with van der Waals surface area (Å²) in [5, 5.41) is 3.28. The molecule has 1 saturated heterocycles. The van der Waals surface area contributed by atoms with Gasteiger partial charge in [0.2, 0.25) is 0 Å². The van der Waals surface area contributed by atoms with Crippen LogP contribution in [0, 0.1) is 0 Å². The van der Waals surface area contributed by atoms with Gasteiger partial charge in [0.1, 0.15) is 12.6 Å². The lowest BCUT2D eigenvalue weighted by Crippen LogP contribution is -3.00. The highest BCUT2D eigenvalue weighted by Gasteiger charge is 2.25. The van der Waals surface area contributed by atoms with Gasteiger partial charge >= 0.3 is 5.97 Å². The van der Waals surface area contributed by atoms with Gasteiger partial charge in [-0.1, -0.05) is 30.3 Å². The van der Waals surface area contributed by atoms with Crippen LogP contribution < -0.4 is 17.7 Å². The van der Waals surface area contributed by atoms with Gasteiger partial charge in [-0.2, -0.15) is 0 Å². The van der Waals surface area contributed by atoms with Crippen LogP contribution in [-0.2, 0) is 16.1 Å². The molecule has 2 unspecified atom stereocenters. The number of rotatable bonds is 3. The Balaban J connectivity index is 0.00000162. The van der Waals surface area contributed by atoms with Crippen LogP contribution in [0.25, 0.3) is 0 Å². The van der Waals surface area contributed by atoms with Gasteiger partial charge in [0, 0.05) is 6.04 Å². The zero-order valence-corrected chi connectivity index (χ0v) is 11.3. The fourth-order valence-electron chi connectivity index (χ4n) is 2.15. The van der Waals surface area contributed by atoms with Crippen LogP contribution in [-0.4, -0.2) is 18.1 Å². The Morgan fingerprint density at radius 2 is 2.06 bits per heavy atom. The molecule has 0 aliphatic carbocycles. The number of benzene rings is 1. The number of hydrogen-bond acceptors (Lipinski definition) is 3. The summed E-state index contributed by atoms with van der Waals surface area (Å²) >= 11 is 0. The first-order chi connectivity index (χ1) is 8.25. The molecule has 1 fully saturated rings. The highest BCUT2D eigenvalue weighted by atomic mass is 35.5. The lowest BCUT2D eigenvalue weighted by molar-refractivity contribution is -0.148. The maximum Gasteiger partial charge on any atom is 0.323 e. The number of carbonyl (C=O) groups excluding carboxylic acids is 1. The maximum atomic E-state index is 11.8. The topological polar surface area (TPSA) is 38.3 Å². The molecule has 1 aromatic carbocycles. The van der Waals surface area contributed by atoms with Gasteiger partial charge in [0.15, 0.2) is 0 Å². The van der Waals surface area contributed by atoms with Crippen LogP contribution in [0.15, 0.2) is 30.3 Å². The van der Waals surface area contributed by atoms with Gasteiger partial charge in [-0.25, -0.2) is 0 Å². The molecule has 0 bridgehead atoms. The predicted molar refractivity (Wildman–Crippen MR) is 66.5 cm³/mol. The number of nitrogens with one attached hydrogen (secondary N) is 1. The molecular formula is C14H19ClNO2-. The summed E-state index contributed by atoms with van der Waals surface area (Å²) < 4.78 is 5.31. The quantitative estimate of drug-likeness (QED) is 0.735. The first kappa shape index (κ1) is 15.0. The molecule has 0 amide bonds. The molecule has 1 aliphatic rings. The first-order valence-corrected chi connectivity index (χ1v) is 6.22. The second kappa shape index (κ2) is 7.39. The number of hydrogen-bond donors (Lipinski definition) is 1. The molecule has 18 heavy (non-hydrogen) atoms. The van der Waals surface area contributed by atoms with E-state index in [0.717, 1.165) is 24.8 Å². The van der Waals surface area contributed by atoms with Crippen molar-refractivity contribution < 1.29 is 21.9 Å². The Morgan fingerprint density at radius 1 is 1.33 bits per heavy atom. The third-order valence-corrected chi connectivity index (χ3v) is 3.12. The Morgan fingerprint density at radius 3 is 2.72 bits per heavy atom. The van der Waals surface area contributed by atoms with Gasteiger partial charge in [0.05, 0.1) is 0 Å². The van der Waals surface area contributed by atoms with Gasteiger partial charge < -0.3 is 22.5 Å². The van der Waals surface area contributed by atoms with E-state index in [4.69, 9.17) is 4.74 Å². The third-order valence-electron chi connectivity index (χ3n) is 3.12. The van der Waals surface area contributed by atoms with E-state index in [-0.39, 0.29) is 24.4 Å². The summed E-state index contributed by atoms with van der Waals surface area (Å²) in [6.07, 6.45) is 3.12. The average molecular weight is 269 g/mol. The molecule has 0 aromatic heterocycles. The standard InChI is InChI=1S/C14H19NO2.ClH/c1-11-6-5-9-13(15-11)14(16)17-10-12-7-3-2-4-8-12;/h2-4,7-8,11,13,15H,5-6,9-10H2,1H3;1H/p-1. The average Bonchev–Trinajstić information content (AvgIpc) is 2.37. The molecule has 1 aromatic rings. The van der Waals surface area contributed by atoms with Crippen molar-refractivity contribution in [2.45, 2.75) is 44.9 Å². The zero-order chi connectivity index (χ0) is 12.1. The predicted octanol–water partition coefficient (Wildman–Crippen LogP) is -0.736. The van der Waals surface area contributed by atoms with Gasteiger partial charge in [-0.3, -0.25) is 4.79 Å². The minimum atomic E-state index is -0.125. The minimum absolute atomic E-state index is 0. The SMILES string of the molecule is CC1CCCC(C(=O)OCc2ccccc2)N1.[Cl-]. The van der Waals surface area contributed by atoms with E-state index < -0.39 is 0 Å². The van der Waals surface area contributed by atoms with Crippen LogP contribution in [0.3, 0.4) is 0 Å². The molecule has 0 spiro atoms. The Labute approximate surface area is 114 Å². The van der Waals surface area contributed by atoms with Crippen molar-refractivity contribution in [3.8, 4) is 0 Å². The third kappa shape index (κ3) is 4.31. The molecule has 4 heteroatoms. The lowest BCUT2D eigenvalue weighted by Gasteiger charge is -2.27. The zero-order valence-electron chi connectivity index (χ0n) is 10.6. The van der Waals surface area contributed by atoms with Crippen LogP contribution in [0.2, 0.25) is 0 Å². The van der Waals surface area contributed by atoms with Gasteiger partial charge in [-0.05, 0) is 31.7 Å². The molecule has 2 rings (SSSR count). The fourth-order valence-corrected chi connectivity index (χ4v) is 2.15. The Hall–Kier alpha value is -1.06. The molecule has 3 nitrogen and oxygen atoms in total. The smallest absolute Gasteiger partial charge is 0.323 e. The molecule has 1 heterocycles. The number of piperidine rings is 1. The van der Waals surface area contributed by atoms with Crippen LogP contribution in [0.5, 0.6) is 0 Å². The van der Waals surface area contributed by atoms with E-state index in [0.29, 0.717) is 12.6 Å². The van der Waals surface area contributed by atoms with Crippen LogP contribution >= 0.6 is 0 Å². The number of ether oxygens (including phenoxy) is 1. The second-order valence-corrected chi connectivity index (χ2v) is 4.64. The first-order valence-electron chi connectivity index (χ1n) is 6.22. The number of esters is 1. The van der Waals surface area contributed by atoms with Crippen molar-refractivity contribution in [3.05, 3.63) is 35.9 Å². The van der Waals surface area contributed by atoms with Crippen LogP contribution in [0.4, 0.5) is 0 Å². The van der Waals surface area contributed by atoms with Crippen molar-refractivity contribution in [3.63, 3.8) is 0 Å². The highest BCUT2D eigenvalue weighted by Crippen LogP contribution is 2.14. The van der Waals surface area contributed by atoms with E-state index in [2.05, 4.69) is 12.2 Å². The molecule has 2 atom stereocenters. The van der Waals surface area contributed by atoms with Crippen LogP contribution in [0.1, 0.15) is 31.7 Å². The molecule has 0 radical (unpaired) electrons. The summed E-state index contributed by atoms with van der Waals surface area (Å²) in [6.45, 7) is 2.48. The summed E-state index contributed by atoms with van der Waals surface area (Å²) in [7, 11) is 0. The van der Waals surface area contributed by atoms with Crippen molar-refractivity contribution in [2.75, 3.05) is 0 Å². The largest absolute Gasteiger partial charge is 1.00 e. The number of carbonyl (C=O) groups is 1. The maximum absolute atomic E-state index is 11.8. The van der Waals surface area contributed by atoms with E-state index in [9.17, 15) is 4.79 Å². The summed E-state index contributed by atoms with van der Waals surface area (Å²) in [5.41, 5.74) is 1.03. The molecule has 1 N–H and O–H groups in total. The summed E-state index contributed by atoms with van der Waals surface area (Å²) in [6, 6.07) is 10.1. The van der Waals surface area contributed by atoms with E-state index in [1.807, 2.05) is 30.3 Å². The lowest BCUT2D eigenvalue weighted by atomic mass is 10.00. The normalized spacial score (nSPS) is 22.9.